The molecular formula is C14H14N6. The van der Waals surface area contributed by atoms with Crippen LogP contribution in [0.25, 0.3) is 11.2 Å². The summed E-state index contributed by atoms with van der Waals surface area (Å²) in [6, 6.07) is 7.67. The number of aromatic nitrogens is 4. The summed E-state index contributed by atoms with van der Waals surface area (Å²) < 4.78 is 0. The minimum absolute atomic E-state index is 0.621. The Morgan fingerprint density at radius 2 is 1.80 bits per heavy atom. The van der Waals surface area contributed by atoms with E-state index in [9.17, 15) is 0 Å². The first-order valence-corrected chi connectivity index (χ1v) is 6.20. The van der Waals surface area contributed by atoms with Crippen molar-refractivity contribution in [2.24, 2.45) is 0 Å². The molecule has 0 saturated heterocycles. The Labute approximate surface area is 116 Å². The zero-order chi connectivity index (χ0) is 13.9. The summed E-state index contributed by atoms with van der Waals surface area (Å²) in [6.45, 7) is 0. The SMILES string of the molecule is CN(C)c1ccc(Nc2ccc3nccnc3n2)cn1. The molecule has 20 heavy (non-hydrogen) atoms. The molecule has 3 aromatic rings. The number of anilines is 3. The molecule has 3 heterocycles. The highest BCUT2D eigenvalue weighted by molar-refractivity contribution is 5.72. The predicted octanol–water partition coefficient (Wildman–Crippen LogP) is 2.23. The average Bonchev–Trinajstić information content (AvgIpc) is 2.48. The van der Waals surface area contributed by atoms with Crippen molar-refractivity contribution in [2.75, 3.05) is 24.3 Å². The molecule has 6 heteroatoms. The normalized spacial score (nSPS) is 10.5. The van der Waals surface area contributed by atoms with E-state index in [1.54, 1.807) is 18.6 Å². The van der Waals surface area contributed by atoms with Crippen LogP contribution in [0.15, 0.2) is 42.9 Å². The van der Waals surface area contributed by atoms with Gasteiger partial charge in [-0.05, 0) is 24.3 Å². The summed E-state index contributed by atoms with van der Waals surface area (Å²) >= 11 is 0. The van der Waals surface area contributed by atoms with E-state index in [-0.39, 0.29) is 0 Å². The molecule has 0 saturated carbocycles. The first-order valence-electron chi connectivity index (χ1n) is 6.20. The summed E-state index contributed by atoms with van der Waals surface area (Å²) in [7, 11) is 3.91. The van der Waals surface area contributed by atoms with Gasteiger partial charge in [0, 0.05) is 26.5 Å². The summed E-state index contributed by atoms with van der Waals surface area (Å²) in [5.74, 6) is 1.63. The van der Waals surface area contributed by atoms with Crippen LogP contribution in [-0.2, 0) is 0 Å². The number of nitrogens with one attached hydrogen (secondary N) is 1. The van der Waals surface area contributed by atoms with Crippen LogP contribution in [0, 0.1) is 0 Å². The highest BCUT2D eigenvalue weighted by atomic mass is 15.1. The van der Waals surface area contributed by atoms with Crippen molar-refractivity contribution in [1.82, 2.24) is 19.9 Å². The Hall–Kier alpha value is -2.76. The van der Waals surface area contributed by atoms with Crippen LogP contribution in [0.4, 0.5) is 17.3 Å². The molecular weight excluding hydrogens is 252 g/mol. The van der Waals surface area contributed by atoms with Crippen LogP contribution >= 0.6 is 0 Å². The standard InChI is InChI=1S/C14H14N6/c1-20(2)13-6-3-10(9-17-13)18-12-5-4-11-14(19-12)16-8-7-15-11/h3-9H,1-2H3,(H,16,18,19). The van der Waals surface area contributed by atoms with Gasteiger partial charge in [-0.25, -0.2) is 15.0 Å². The molecule has 0 atom stereocenters. The number of nitrogens with zero attached hydrogens (tertiary/aromatic N) is 5. The first-order chi connectivity index (χ1) is 9.72. The third-order valence-corrected chi connectivity index (χ3v) is 2.81. The Bertz CT molecular complexity index is 723. The van der Waals surface area contributed by atoms with Gasteiger partial charge < -0.3 is 10.2 Å². The molecule has 0 amide bonds. The van der Waals surface area contributed by atoms with Crippen molar-refractivity contribution >= 4 is 28.5 Å². The molecule has 0 unspecified atom stereocenters. The van der Waals surface area contributed by atoms with E-state index in [1.807, 2.05) is 43.3 Å². The largest absolute Gasteiger partial charge is 0.363 e. The molecule has 0 fully saturated rings. The van der Waals surface area contributed by atoms with E-state index in [2.05, 4.69) is 25.3 Å². The fourth-order valence-electron chi connectivity index (χ4n) is 1.80. The quantitative estimate of drug-likeness (QED) is 0.784. The zero-order valence-corrected chi connectivity index (χ0v) is 11.3. The molecule has 0 aliphatic heterocycles. The molecule has 0 bridgehead atoms. The van der Waals surface area contributed by atoms with Crippen LogP contribution in [0.3, 0.4) is 0 Å². The van der Waals surface area contributed by atoms with Gasteiger partial charge >= 0.3 is 0 Å². The number of hydrogen-bond acceptors (Lipinski definition) is 6. The van der Waals surface area contributed by atoms with E-state index in [4.69, 9.17) is 0 Å². The first kappa shape index (κ1) is 12.3. The van der Waals surface area contributed by atoms with Gasteiger partial charge in [-0.2, -0.15) is 0 Å². The molecule has 100 valence electrons. The van der Waals surface area contributed by atoms with Crippen molar-refractivity contribution in [1.29, 1.82) is 0 Å². The lowest BCUT2D eigenvalue weighted by atomic mass is 10.3. The maximum Gasteiger partial charge on any atom is 0.180 e. The Morgan fingerprint density at radius 1 is 0.950 bits per heavy atom. The highest BCUT2D eigenvalue weighted by Gasteiger charge is 2.02. The molecule has 1 N–H and O–H groups in total. The molecule has 0 aromatic carbocycles. The fourth-order valence-corrected chi connectivity index (χ4v) is 1.80. The van der Waals surface area contributed by atoms with E-state index < -0.39 is 0 Å². The van der Waals surface area contributed by atoms with Crippen LogP contribution in [0.1, 0.15) is 0 Å². The van der Waals surface area contributed by atoms with Gasteiger partial charge in [0.2, 0.25) is 0 Å². The minimum atomic E-state index is 0.621. The predicted molar refractivity (Wildman–Crippen MR) is 79.2 cm³/mol. The third-order valence-electron chi connectivity index (χ3n) is 2.81. The lowest BCUT2D eigenvalue weighted by Crippen LogP contribution is -2.10. The van der Waals surface area contributed by atoms with Crippen molar-refractivity contribution in [3.05, 3.63) is 42.9 Å². The molecule has 3 rings (SSSR count). The Kier molecular flexibility index (Phi) is 3.12. The monoisotopic (exact) mass is 266 g/mol. The zero-order valence-electron chi connectivity index (χ0n) is 11.3. The number of rotatable bonds is 3. The minimum Gasteiger partial charge on any atom is -0.363 e. The van der Waals surface area contributed by atoms with Crippen LogP contribution in [-0.4, -0.2) is 34.0 Å². The lowest BCUT2D eigenvalue weighted by Gasteiger charge is -2.11. The second kappa shape index (κ2) is 5.08. The molecule has 0 aliphatic rings. The van der Waals surface area contributed by atoms with E-state index >= 15 is 0 Å². The maximum atomic E-state index is 4.41. The van der Waals surface area contributed by atoms with Gasteiger partial charge in [0.15, 0.2) is 5.65 Å². The van der Waals surface area contributed by atoms with Crippen molar-refractivity contribution in [3.8, 4) is 0 Å². The van der Waals surface area contributed by atoms with Gasteiger partial charge in [0.1, 0.15) is 17.2 Å². The number of pyridine rings is 2. The van der Waals surface area contributed by atoms with Crippen molar-refractivity contribution in [3.63, 3.8) is 0 Å². The van der Waals surface area contributed by atoms with Crippen LogP contribution in [0.2, 0.25) is 0 Å². The summed E-state index contributed by atoms with van der Waals surface area (Å²) in [5.41, 5.74) is 2.28. The Balaban J connectivity index is 1.85. The van der Waals surface area contributed by atoms with Gasteiger partial charge in [-0.3, -0.25) is 4.98 Å². The third kappa shape index (κ3) is 2.49. The molecule has 0 aliphatic carbocycles. The Morgan fingerprint density at radius 3 is 2.55 bits per heavy atom. The van der Waals surface area contributed by atoms with Gasteiger partial charge in [0.05, 0.1) is 11.9 Å². The summed E-state index contributed by atoms with van der Waals surface area (Å²) in [5, 5.41) is 3.20. The second-order valence-electron chi connectivity index (χ2n) is 4.52. The van der Waals surface area contributed by atoms with Crippen molar-refractivity contribution in [2.45, 2.75) is 0 Å². The molecule has 0 radical (unpaired) electrons. The van der Waals surface area contributed by atoms with E-state index in [1.165, 1.54) is 0 Å². The summed E-state index contributed by atoms with van der Waals surface area (Å²) in [4.78, 5) is 19.1. The van der Waals surface area contributed by atoms with E-state index in [0.29, 0.717) is 5.65 Å². The molecule has 6 nitrogen and oxygen atoms in total. The fraction of sp³-hybridized carbons (Fsp3) is 0.143. The average molecular weight is 266 g/mol. The number of hydrogen-bond donors (Lipinski definition) is 1. The maximum absolute atomic E-state index is 4.41. The second-order valence-corrected chi connectivity index (χ2v) is 4.52. The number of fused-ring (bicyclic) bond motifs is 1. The summed E-state index contributed by atoms with van der Waals surface area (Å²) in [6.07, 6.45) is 5.06. The van der Waals surface area contributed by atoms with Gasteiger partial charge in [0.25, 0.3) is 0 Å². The van der Waals surface area contributed by atoms with Crippen molar-refractivity contribution < 1.29 is 0 Å². The van der Waals surface area contributed by atoms with Crippen LogP contribution in [0.5, 0.6) is 0 Å². The smallest absolute Gasteiger partial charge is 0.180 e. The topological polar surface area (TPSA) is 66.8 Å². The highest BCUT2D eigenvalue weighted by Crippen LogP contribution is 2.17. The molecule has 0 spiro atoms. The lowest BCUT2D eigenvalue weighted by molar-refractivity contribution is 1.07. The van der Waals surface area contributed by atoms with E-state index in [0.717, 1.165) is 22.8 Å². The molecule has 3 aromatic heterocycles. The van der Waals surface area contributed by atoms with Crippen LogP contribution < -0.4 is 10.2 Å². The van der Waals surface area contributed by atoms with Gasteiger partial charge in [-0.1, -0.05) is 0 Å². The van der Waals surface area contributed by atoms with Gasteiger partial charge in [-0.15, -0.1) is 0 Å².